The maximum atomic E-state index is 11.5. The molecule has 0 spiro atoms. The molecule has 0 heterocycles. The van der Waals surface area contributed by atoms with Gasteiger partial charge in [0.15, 0.2) is 0 Å². The van der Waals surface area contributed by atoms with Gasteiger partial charge in [0.25, 0.3) is 20.2 Å². The first-order valence-electron chi connectivity index (χ1n) is 6.33. The SMILES string of the molecule is COS(=O)(=O)c1ccc(/N=N/c2ccc(N)c(S(=O)(=O)O)c2)cc1. The lowest BCUT2D eigenvalue weighted by atomic mass is 10.3. The summed E-state index contributed by atoms with van der Waals surface area (Å²) >= 11 is 0. The largest absolute Gasteiger partial charge is 0.398 e. The van der Waals surface area contributed by atoms with Crippen LogP contribution >= 0.6 is 0 Å². The first kappa shape index (κ1) is 18.0. The average Bonchev–Trinajstić information content (AvgIpc) is 2.53. The number of nitrogens with zero attached hydrogens (tertiary/aromatic N) is 2. The van der Waals surface area contributed by atoms with E-state index in [0.29, 0.717) is 5.69 Å². The molecule has 0 fully saturated rings. The molecule has 0 bridgehead atoms. The molecule has 2 rings (SSSR count). The minimum absolute atomic E-state index is 0.0369. The van der Waals surface area contributed by atoms with Crippen molar-refractivity contribution >= 4 is 37.3 Å². The third kappa shape index (κ3) is 4.14. The van der Waals surface area contributed by atoms with Gasteiger partial charge in [-0.3, -0.25) is 8.74 Å². The monoisotopic (exact) mass is 371 g/mol. The average molecular weight is 371 g/mol. The van der Waals surface area contributed by atoms with E-state index in [1.807, 2.05) is 0 Å². The molecule has 0 saturated carbocycles. The van der Waals surface area contributed by atoms with E-state index in [1.54, 1.807) is 0 Å². The second-order valence-electron chi connectivity index (χ2n) is 4.51. The predicted octanol–water partition coefficient (Wildman–Crippen LogP) is 2.27. The topological polar surface area (TPSA) is 148 Å². The van der Waals surface area contributed by atoms with Gasteiger partial charge >= 0.3 is 0 Å². The molecule has 0 aliphatic rings. The zero-order valence-electron chi connectivity index (χ0n) is 12.3. The van der Waals surface area contributed by atoms with Crippen LogP contribution in [0.25, 0.3) is 0 Å². The summed E-state index contributed by atoms with van der Waals surface area (Å²) in [7, 11) is -7.21. The van der Waals surface area contributed by atoms with E-state index < -0.39 is 25.1 Å². The molecule has 128 valence electrons. The zero-order valence-corrected chi connectivity index (χ0v) is 14.0. The molecule has 11 heteroatoms. The Morgan fingerprint density at radius 1 is 0.958 bits per heavy atom. The first-order valence-corrected chi connectivity index (χ1v) is 9.18. The Balaban J connectivity index is 2.29. The van der Waals surface area contributed by atoms with E-state index >= 15 is 0 Å². The van der Waals surface area contributed by atoms with Crippen molar-refractivity contribution in [2.45, 2.75) is 9.79 Å². The summed E-state index contributed by atoms with van der Waals surface area (Å²) in [5.74, 6) is 0. The van der Waals surface area contributed by atoms with Gasteiger partial charge in [-0.1, -0.05) is 0 Å². The van der Waals surface area contributed by atoms with Gasteiger partial charge in [-0.05, 0) is 42.5 Å². The number of hydrogen-bond acceptors (Lipinski definition) is 8. The Hall–Kier alpha value is -2.34. The normalized spacial score (nSPS) is 12.6. The number of nitrogen functional groups attached to an aromatic ring is 1. The highest BCUT2D eigenvalue weighted by Crippen LogP contribution is 2.26. The number of hydrogen-bond donors (Lipinski definition) is 2. The molecule has 0 saturated heterocycles. The molecular weight excluding hydrogens is 358 g/mol. The lowest BCUT2D eigenvalue weighted by Crippen LogP contribution is -2.02. The molecule has 3 N–H and O–H groups in total. The molecule has 9 nitrogen and oxygen atoms in total. The van der Waals surface area contributed by atoms with Crippen LogP contribution in [0.2, 0.25) is 0 Å². The van der Waals surface area contributed by atoms with E-state index in [1.165, 1.54) is 36.4 Å². The molecule has 0 aliphatic heterocycles. The molecule has 0 atom stereocenters. The smallest absolute Gasteiger partial charge is 0.296 e. The Morgan fingerprint density at radius 2 is 1.50 bits per heavy atom. The molecule has 0 aliphatic carbocycles. The highest BCUT2D eigenvalue weighted by molar-refractivity contribution is 7.86. The molecule has 2 aromatic rings. The fourth-order valence-electron chi connectivity index (χ4n) is 1.70. The number of azo groups is 1. The van der Waals surface area contributed by atoms with Crippen molar-refractivity contribution in [2.24, 2.45) is 10.2 Å². The van der Waals surface area contributed by atoms with Gasteiger partial charge in [0, 0.05) is 0 Å². The van der Waals surface area contributed by atoms with Crippen LogP contribution in [-0.2, 0) is 24.4 Å². The molecule has 0 amide bonds. The lowest BCUT2D eigenvalue weighted by molar-refractivity contribution is 0.398. The Labute approximate surface area is 138 Å². The summed E-state index contributed by atoms with van der Waals surface area (Å²) in [4.78, 5) is -0.509. The fraction of sp³-hybridized carbons (Fsp3) is 0.0769. The summed E-state index contributed by atoms with van der Waals surface area (Å²) in [5, 5.41) is 7.67. The number of benzene rings is 2. The fourth-order valence-corrected chi connectivity index (χ4v) is 3.00. The summed E-state index contributed by atoms with van der Waals surface area (Å²) < 4.78 is 58.8. The van der Waals surface area contributed by atoms with Crippen LogP contribution in [0.5, 0.6) is 0 Å². The lowest BCUT2D eigenvalue weighted by Gasteiger charge is -2.03. The van der Waals surface area contributed by atoms with Crippen molar-refractivity contribution in [3.63, 3.8) is 0 Å². The van der Waals surface area contributed by atoms with Crippen LogP contribution in [0.4, 0.5) is 17.1 Å². The van der Waals surface area contributed by atoms with Crippen LogP contribution in [0.3, 0.4) is 0 Å². The van der Waals surface area contributed by atoms with Gasteiger partial charge in [-0.15, -0.1) is 0 Å². The van der Waals surface area contributed by atoms with Crippen molar-refractivity contribution in [1.82, 2.24) is 0 Å². The Kier molecular flexibility index (Phi) is 4.99. The van der Waals surface area contributed by atoms with Crippen molar-refractivity contribution in [3.05, 3.63) is 42.5 Å². The molecule has 0 aromatic heterocycles. The van der Waals surface area contributed by atoms with E-state index in [0.717, 1.165) is 13.2 Å². The summed E-state index contributed by atoms with van der Waals surface area (Å²) in [6.07, 6.45) is 0. The quantitative estimate of drug-likeness (QED) is 0.354. The van der Waals surface area contributed by atoms with E-state index in [2.05, 4.69) is 14.4 Å². The number of anilines is 1. The molecular formula is C13H13N3O6S2. The first-order chi connectivity index (χ1) is 11.1. The minimum Gasteiger partial charge on any atom is -0.398 e. The molecule has 0 radical (unpaired) electrons. The molecule has 2 aromatic carbocycles. The van der Waals surface area contributed by atoms with E-state index in [4.69, 9.17) is 10.3 Å². The standard InChI is InChI=1S/C13H13N3O6S2/c1-22-24(20,21)11-5-2-9(3-6-11)15-16-10-4-7-12(14)13(8-10)23(17,18)19/h2-8H,14H2,1H3,(H,17,18,19)/b16-15+. The Morgan fingerprint density at radius 3 is 2.04 bits per heavy atom. The molecule has 24 heavy (non-hydrogen) atoms. The summed E-state index contributed by atoms with van der Waals surface area (Å²) in [5.41, 5.74) is 5.83. The predicted molar refractivity (Wildman–Crippen MR) is 85.5 cm³/mol. The van der Waals surface area contributed by atoms with Crippen molar-refractivity contribution in [3.8, 4) is 0 Å². The second-order valence-corrected chi connectivity index (χ2v) is 7.61. The zero-order chi connectivity index (χ0) is 18.0. The number of nitrogens with two attached hydrogens (primary N) is 1. The Bertz CT molecular complexity index is 983. The highest BCUT2D eigenvalue weighted by atomic mass is 32.2. The van der Waals surface area contributed by atoms with Crippen LogP contribution in [0, 0.1) is 0 Å². The van der Waals surface area contributed by atoms with Gasteiger partial charge in [0.2, 0.25) is 0 Å². The van der Waals surface area contributed by atoms with Gasteiger partial charge in [0.1, 0.15) is 4.90 Å². The highest BCUT2D eigenvalue weighted by Gasteiger charge is 2.14. The minimum atomic E-state index is -4.47. The van der Waals surface area contributed by atoms with Crippen LogP contribution < -0.4 is 5.73 Å². The van der Waals surface area contributed by atoms with Crippen LogP contribution in [0.15, 0.2) is 62.5 Å². The van der Waals surface area contributed by atoms with Gasteiger partial charge in [0.05, 0.1) is 29.1 Å². The van der Waals surface area contributed by atoms with Gasteiger partial charge < -0.3 is 5.73 Å². The second kappa shape index (κ2) is 6.65. The molecule has 0 unspecified atom stereocenters. The number of rotatable bonds is 5. The van der Waals surface area contributed by atoms with E-state index in [9.17, 15) is 16.8 Å². The summed E-state index contributed by atoms with van der Waals surface area (Å²) in [6.45, 7) is 0. The van der Waals surface area contributed by atoms with Crippen LogP contribution in [-0.4, -0.2) is 28.5 Å². The van der Waals surface area contributed by atoms with Crippen molar-refractivity contribution < 1.29 is 25.6 Å². The van der Waals surface area contributed by atoms with E-state index in [-0.39, 0.29) is 16.3 Å². The van der Waals surface area contributed by atoms with Crippen LogP contribution in [0.1, 0.15) is 0 Å². The van der Waals surface area contributed by atoms with Crippen molar-refractivity contribution in [1.29, 1.82) is 0 Å². The van der Waals surface area contributed by atoms with Gasteiger partial charge in [-0.2, -0.15) is 27.1 Å². The third-order valence-corrected chi connectivity index (χ3v) is 5.10. The van der Waals surface area contributed by atoms with Gasteiger partial charge in [-0.25, -0.2) is 0 Å². The third-order valence-electron chi connectivity index (χ3n) is 2.90. The maximum absolute atomic E-state index is 11.5. The summed E-state index contributed by atoms with van der Waals surface area (Å²) in [6, 6.07) is 9.13. The van der Waals surface area contributed by atoms with Crippen molar-refractivity contribution in [2.75, 3.05) is 12.8 Å². The maximum Gasteiger partial charge on any atom is 0.296 e.